The van der Waals surface area contributed by atoms with E-state index in [9.17, 15) is 4.79 Å². The number of hydrogen-bond donors (Lipinski definition) is 1. The van der Waals surface area contributed by atoms with Gasteiger partial charge in [0.25, 0.3) is 0 Å². The molecule has 1 rings (SSSR count). The van der Waals surface area contributed by atoms with Crippen molar-refractivity contribution in [3.63, 3.8) is 0 Å². The van der Waals surface area contributed by atoms with Gasteiger partial charge in [-0.05, 0) is 26.2 Å². The molecule has 2 unspecified atom stereocenters. The van der Waals surface area contributed by atoms with Crippen LogP contribution in [0.1, 0.15) is 26.2 Å². The molecule has 14 heavy (non-hydrogen) atoms. The third-order valence-electron chi connectivity index (χ3n) is 2.66. The number of nitrogens with two attached hydrogens (primary N) is 1. The summed E-state index contributed by atoms with van der Waals surface area (Å²) in [5.74, 6) is 0.0479. The summed E-state index contributed by atoms with van der Waals surface area (Å²) in [5.41, 5.74) is 5.59. The summed E-state index contributed by atoms with van der Waals surface area (Å²) in [4.78, 5) is 13.6. The molecular formula is C10H20N2O2. The van der Waals surface area contributed by atoms with Crippen LogP contribution in [0.2, 0.25) is 0 Å². The first kappa shape index (κ1) is 11.5. The van der Waals surface area contributed by atoms with Crippen LogP contribution in [0.5, 0.6) is 0 Å². The summed E-state index contributed by atoms with van der Waals surface area (Å²) in [7, 11) is 1.67. The van der Waals surface area contributed by atoms with E-state index in [1.807, 2.05) is 4.90 Å². The van der Waals surface area contributed by atoms with Crippen molar-refractivity contribution < 1.29 is 9.53 Å². The van der Waals surface area contributed by atoms with Crippen molar-refractivity contribution >= 4 is 5.91 Å². The van der Waals surface area contributed by atoms with Crippen LogP contribution >= 0.6 is 0 Å². The molecule has 0 saturated carbocycles. The van der Waals surface area contributed by atoms with Gasteiger partial charge >= 0.3 is 0 Å². The Morgan fingerprint density at radius 2 is 2.36 bits per heavy atom. The number of hydrogen-bond acceptors (Lipinski definition) is 3. The second kappa shape index (κ2) is 5.32. The quantitative estimate of drug-likeness (QED) is 0.715. The van der Waals surface area contributed by atoms with Crippen LogP contribution in [0, 0.1) is 0 Å². The number of likely N-dealkylation sites (tertiary alicyclic amines) is 1. The smallest absolute Gasteiger partial charge is 0.239 e. The average Bonchev–Trinajstić information content (AvgIpc) is 2.18. The molecule has 4 heteroatoms. The largest absolute Gasteiger partial charge is 0.383 e. The molecule has 1 fully saturated rings. The van der Waals surface area contributed by atoms with Crippen molar-refractivity contribution in [1.29, 1.82) is 0 Å². The van der Waals surface area contributed by atoms with Crippen LogP contribution in [0.15, 0.2) is 0 Å². The third-order valence-corrected chi connectivity index (χ3v) is 2.66. The Labute approximate surface area is 85.4 Å². The van der Waals surface area contributed by atoms with E-state index in [0.29, 0.717) is 6.61 Å². The van der Waals surface area contributed by atoms with E-state index in [1.54, 1.807) is 14.0 Å². The maximum absolute atomic E-state index is 11.7. The first-order chi connectivity index (χ1) is 6.66. The molecule has 0 aromatic heterocycles. The summed E-state index contributed by atoms with van der Waals surface area (Å²) >= 11 is 0. The number of piperidine rings is 1. The van der Waals surface area contributed by atoms with Crippen molar-refractivity contribution in [2.24, 2.45) is 5.73 Å². The van der Waals surface area contributed by atoms with Gasteiger partial charge in [0.1, 0.15) is 0 Å². The number of carbonyl (C=O) groups excluding carboxylic acids is 1. The maximum Gasteiger partial charge on any atom is 0.239 e. The molecule has 0 aliphatic carbocycles. The van der Waals surface area contributed by atoms with Gasteiger partial charge in [0.15, 0.2) is 0 Å². The summed E-state index contributed by atoms with van der Waals surface area (Å²) in [6.45, 7) is 3.19. The molecule has 1 amide bonds. The van der Waals surface area contributed by atoms with Crippen LogP contribution in [-0.4, -0.2) is 43.2 Å². The Morgan fingerprint density at radius 3 is 2.93 bits per heavy atom. The molecule has 1 aliphatic heterocycles. The zero-order chi connectivity index (χ0) is 10.6. The lowest BCUT2D eigenvalue weighted by molar-refractivity contribution is -0.137. The highest BCUT2D eigenvalue weighted by Crippen LogP contribution is 2.17. The van der Waals surface area contributed by atoms with Gasteiger partial charge in [0.2, 0.25) is 5.91 Å². The number of methoxy groups -OCH3 is 1. The fourth-order valence-corrected chi connectivity index (χ4v) is 1.92. The fraction of sp³-hybridized carbons (Fsp3) is 0.900. The molecule has 82 valence electrons. The zero-order valence-electron chi connectivity index (χ0n) is 9.03. The molecule has 0 aromatic carbocycles. The molecule has 1 aliphatic rings. The lowest BCUT2D eigenvalue weighted by Gasteiger charge is -2.36. The predicted molar refractivity (Wildman–Crippen MR) is 54.9 cm³/mol. The Morgan fingerprint density at radius 1 is 1.64 bits per heavy atom. The minimum atomic E-state index is -0.396. The molecular weight excluding hydrogens is 180 g/mol. The summed E-state index contributed by atoms with van der Waals surface area (Å²) in [5, 5.41) is 0. The monoisotopic (exact) mass is 200 g/mol. The van der Waals surface area contributed by atoms with E-state index in [1.165, 1.54) is 6.42 Å². The van der Waals surface area contributed by atoms with E-state index in [2.05, 4.69) is 0 Å². The predicted octanol–water partition coefficient (Wildman–Crippen LogP) is 0.361. The first-order valence-corrected chi connectivity index (χ1v) is 5.21. The van der Waals surface area contributed by atoms with Crippen molar-refractivity contribution in [2.75, 3.05) is 20.3 Å². The fourth-order valence-electron chi connectivity index (χ4n) is 1.92. The Balaban J connectivity index is 2.57. The Kier molecular flexibility index (Phi) is 4.35. The molecule has 0 aromatic rings. The van der Waals surface area contributed by atoms with Crippen molar-refractivity contribution in [3.8, 4) is 0 Å². The van der Waals surface area contributed by atoms with Gasteiger partial charge in [-0.25, -0.2) is 0 Å². The first-order valence-electron chi connectivity index (χ1n) is 5.21. The molecule has 2 atom stereocenters. The lowest BCUT2D eigenvalue weighted by atomic mass is 10.0. The van der Waals surface area contributed by atoms with Gasteiger partial charge in [-0.1, -0.05) is 0 Å². The number of ether oxygens (including phenoxy) is 1. The SMILES string of the molecule is COCC1CCCCN1C(=O)C(C)N. The van der Waals surface area contributed by atoms with E-state index >= 15 is 0 Å². The number of amides is 1. The molecule has 2 N–H and O–H groups in total. The zero-order valence-corrected chi connectivity index (χ0v) is 9.03. The second-order valence-electron chi connectivity index (χ2n) is 3.93. The van der Waals surface area contributed by atoms with Crippen LogP contribution < -0.4 is 5.73 Å². The van der Waals surface area contributed by atoms with E-state index < -0.39 is 6.04 Å². The highest BCUT2D eigenvalue weighted by molar-refractivity contribution is 5.81. The molecule has 0 bridgehead atoms. The normalized spacial score (nSPS) is 24.8. The standard InChI is InChI=1S/C10H20N2O2/c1-8(11)10(13)12-6-4-3-5-9(12)7-14-2/h8-9H,3-7,11H2,1-2H3. The van der Waals surface area contributed by atoms with Gasteiger partial charge in [-0.3, -0.25) is 4.79 Å². The molecule has 1 saturated heterocycles. The Bertz CT molecular complexity index is 193. The molecule has 1 heterocycles. The Hall–Kier alpha value is -0.610. The third kappa shape index (κ3) is 2.69. The number of nitrogens with zero attached hydrogens (tertiary/aromatic N) is 1. The minimum Gasteiger partial charge on any atom is -0.383 e. The van der Waals surface area contributed by atoms with Crippen LogP contribution in [0.3, 0.4) is 0 Å². The van der Waals surface area contributed by atoms with Crippen LogP contribution in [-0.2, 0) is 9.53 Å². The highest BCUT2D eigenvalue weighted by Gasteiger charge is 2.27. The summed E-state index contributed by atoms with van der Waals surface area (Å²) in [6.07, 6.45) is 3.29. The topological polar surface area (TPSA) is 55.6 Å². The number of rotatable bonds is 3. The minimum absolute atomic E-state index is 0.0479. The lowest BCUT2D eigenvalue weighted by Crippen LogP contribution is -2.51. The molecule has 4 nitrogen and oxygen atoms in total. The van der Waals surface area contributed by atoms with Crippen LogP contribution in [0.25, 0.3) is 0 Å². The van der Waals surface area contributed by atoms with Crippen LogP contribution in [0.4, 0.5) is 0 Å². The number of carbonyl (C=O) groups is 1. The van der Waals surface area contributed by atoms with Gasteiger partial charge in [0.05, 0.1) is 18.7 Å². The van der Waals surface area contributed by atoms with Gasteiger partial charge in [-0.2, -0.15) is 0 Å². The van der Waals surface area contributed by atoms with E-state index in [-0.39, 0.29) is 11.9 Å². The van der Waals surface area contributed by atoms with Gasteiger partial charge in [-0.15, -0.1) is 0 Å². The van der Waals surface area contributed by atoms with Gasteiger partial charge < -0.3 is 15.4 Å². The maximum atomic E-state index is 11.7. The average molecular weight is 200 g/mol. The second-order valence-corrected chi connectivity index (χ2v) is 3.93. The van der Waals surface area contributed by atoms with Gasteiger partial charge in [0, 0.05) is 13.7 Å². The molecule has 0 spiro atoms. The highest BCUT2D eigenvalue weighted by atomic mass is 16.5. The van der Waals surface area contributed by atoms with E-state index in [0.717, 1.165) is 19.4 Å². The molecule has 0 radical (unpaired) electrons. The summed E-state index contributed by atoms with van der Waals surface area (Å²) < 4.78 is 5.11. The van der Waals surface area contributed by atoms with Crippen molar-refractivity contribution in [2.45, 2.75) is 38.3 Å². The summed E-state index contributed by atoms with van der Waals surface area (Å²) in [6, 6.07) is -0.167. The van der Waals surface area contributed by atoms with Crippen molar-refractivity contribution in [1.82, 2.24) is 4.90 Å². The van der Waals surface area contributed by atoms with Crippen molar-refractivity contribution in [3.05, 3.63) is 0 Å². The van der Waals surface area contributed by atoms with E-state index in [4.69, 9.17) is 10.5 Å².